The van der Waals surface area contributed by atoms with Gasteiger partial charge in [0, 0.05) is 49.9 Å². The summed E-state index contributed by atoms with van der Waals surface area (Å²) in [6.45, 7) is 1.58. The van der Waals surface area contributed by atoms with Crippen LogP contribution in [0.5, 0.6) is 0 Å². The average molecular weight is 377 g/mol. The van der Waals surface area contributed by atoms with E-state index in [0.717, 1.165) is 13.0 Å². The van der Waals surface area contributed by atoms with Gasteiger partial charge in [0.25, 0.3) is 0 Å². The van der Waals surface area contributed by atoms with Gasteiger partial charge in [-0.25, -0.2) is 0 Å². The second-order valence-electron chi connectivity index (χ2n) is 6.22. The SMILES string of the molecule is CN(CCCN=CC(=CN)/C=C/C(=O)Nc1ccccc1N)c1ccccc1. The van der Waals surface area contributed by atoms with Gasteiger partial charge in [0.1, 0.15) is 0 Å². The molecule has 2 aromatic carbocycles. The number of nitrogens with two attached hydrogens (primary N) is 2. The Labute approximate surface area is 166 Å². The van der Waals surface area contributed by atoms with E-state index in [1.807, 2.05) is 30.3 Å². The Morgan fingerprint density at radius 3 is 2.54 bits per heavy atom. The minimum Gasteiger partial charge on any atom is -0.404 e. The molecule has 0 aliphatic rings. The van der Waals surface area contributed by atoms with E-state index >= 15 is 0 Å². The van der Waals surface area contributed by atoms with Crippen molar-refractivity contribution in [2.24, 2.45) is 10.7 Å². The summed E-state index contributed by atoms with van der Waals surface area (Å²) in [6, 6.07) is 17.3. The van der Waals surface area contributed by atoms with Crippen molar-refractivity contribution in [2.45, 2.75) is 6.42 Å². The topological polar surface area (TPSA) is 96.7 Å². The van der Waals surface area contributed by atoms with Gasteiger partial charge in [-0.1, -0.05) is 30.3 Å². The smallest absolute Gasteiger partial charge is 0.248 e. The number of benzene rings is 2. The molecule has 0 atom stereocenters. The van der Waals surface area contributed by atoms with Gasteiger partial charge in [0.2, 0.25) is 5.91 Å². The van der Waals surface area contributed by atoms with Crippen LogP contribution in [-0.2, 0) is 4.79 Å². The lowest BCUT2D eigenvalue weighted by Gasteiger charge is -2.18. The Bertz CT molecular complexity index is 843. The number of nitrogens with zero attached hydrogens (tertiary/aromatic N) is 2. The minimum atomic E-state index is -0.282. The summed E-state index contributed by atoms with van der Waals surface area (Å²) in [5, 5.41) is 2.73. The molecular weight excluding hydrogens is 350 g/mol. The monoisotopic (exact) mass is 377 g/mol. The van der Waals surface area contributed by atoms with E-state index in [2.05, 4.69) is 34.4 Å². The highest BCUT2D eigenvalue weighted by Gasteiger charge is 2.01. The number of amides is 1. The first kappa shape index (κ1) is 20.8. The standard InChI is InChI=1S/C22H27N5O/c1-27(19-8-3-2-4-9-19)15-7-14-25-17-18(16-23)12-13-22(28)26-21-11-6-5-10-20(21)24/h2-6,8-13,16-17H,7,14-15,23-24H2,1H3,(H,26,28)/b13-12+,18-16?,25-17?. The summed E-state index contributed by atoms with van der Waals surface area (Å²) < 4.78 is 0. The summed E-state index contributed by atoms with van der Waals surface area (Å²) in [4.78, 5) is 18.6. The van der Waals surface area contributed by atoms with E-state index in [0.29, 0.717) is 23.5 Å². The maximum atomic E-state index is 12.0. The fourth-order valence-electron chi connectivity index (χ4n) is 2.48. The van der Waals surface area contributed by atoms with Crippen LogP contribution in [0.15, 0.2) is 83.5 Å². The lowest BCUT2D eigenvalue weighted by Crippen LogP contribution is -2.18. The molecule has 0 spiro atoms. The second kappa shape index (κ2) is 11.2. The molecule has 0 aliphatic heterocycles. The number of carbonyl (C=O) groups is 1. The van der Waals surface area contributed by atoms with Crippen molar-refractivity contribution in [3.8, 4) is 0 Å². The molecule has 6 heteroatoms. The third-order valence-electron chi connectivity index (χ3n) is 4.06. The number of nitrogen functional groups attached to an aromatic ring is 1. The molecule has 28 heavy (non-hydrogen) atoms. The Kier molecular flexibility index (Phi) is 8.33. The van der Waals surface area contributed by atoms with E-state index in [1.165, 1.54) is 18.0 Å². The number of para-hydroxylation sites is 3. The lowest BCUT2D eigenvalue weighted by molar-refractivity contribution is -0.111. The van der Waals surface area contributed by atoms with Crippen molar-refractivity contribution in [3.63, 3.8) is 0 Å². The molecule has 6 nitrogen and oxygen atoms in total. The second-order valence-corrected chi connectivity index (χ2v) is 6.22. The number of allylic oxidation sites excluding steroid dienone is 2. The Hall–Kier alpha value is -3.54. The van der Waals surface area contributed by atoms with Crippen LogP contribution in [0.25, 0.3) is 0 Å². The molecule has 146 valence electrons. The Morgan fingerprint density at radius 1 is 1.11 bits per heavy atom. The summed E-state index contributed by atoms with van der Waals surface area (Å²) >= 11 is 0. The van der Waals surface area contributed by atoms with E-state index in [4.69, 9.17) is 11.5 Å². The van der Waals surface area contributed by atoms with Crippen LogP contribution >= 0.6 is 0 Å². The molecule has 0 fully saturated rings. The highest BCUT2D eigenvalue weighted by atomic mass is 16.1. The number of rotatable bonds is 9. The number of hydrogen-bond donors (Lipinski definition) is 3. The highest BCUT2D eigenvalue weighted by Crippen LogP contribution is 2.16. The molecule has 0 radical (unpaired) electrons. The van der Waals surface area contributed by atoms with E-state index < -0.39 is 0 Å². The van der Waals surface area contributed by atoms with E-state index in [1.54, 1.807) is 24.4 Å². The zero-order valence-electron chi connectivity index (χ0n) is 16.1. The van der Waals surface area contributed by atoms with Crippen molar-refractivity contribution >= 4 is 29.2 Å². The molecule has 0 saturated carbocycles. The Morgan fingerprint density at radius 2 is 1.82 bits per heavy atom. The summed E-state index contributed by atoms with van der Waals surface area (Å²) in [7, 11) is 2.06. The van der Waals surface area contributed by atoms with Crippen LogP contribution in [0.2, 0.25) is 0 Å². The van der Waals surface area contributed by atoms with Crippen molar-refractivity contribution in [1.29, 1.82) is 0 Å². The number of anilines is 3. The van der Waals surface area contributed by atoms with Gasteiger partial charge in [-0.2, -0.15) is 0 Å². The molecule has 2 aromatic rings. The maximum Gasteiger partial charge on any atom is 0.248 e. The number of nitrogens with one attached hydrogen (secondary N) is 1. The van der Waals surface area contributed by atoms with Crippen molar-refractivity contribution < 1.29 is 4.79 Å². The largest absolute Gasteiger partial charge is 0.404 e. The summed E-state index contributed by atoms with van der Waals surface area (Å²) in [5.41, 5.74) is 14.4. The number of aliphatic imine (C=N–C) groups is 1. The molecule has 0 saturated heterocycles. The van der Waals surface area contributed by atoms with Crippen molar-refractivity contribution in [2.75, 3.05) is 36.1 Å². The van der Waals surface area contributed by atoms with Gasteiger partial charge in [-0.05, 0) is 36.8 Å². The van der Waals surface area contributed by atoms with Crippen LogP contribution in [0.3, 0.4) is 0 Å². The van der Waals surface area contributed by atoms with E-state index in [9.17, 15) is 4.79 Å². The normalized spacial score (nSPS) is 11.8. The molecule has 0 bridgehead atoms. The minimum absolute atomic E-state index is 0.282. The quantitative estimate of drug-likeness (QED) is 0.205. The van der Waals surface area contributed by atoms with Gasteiger partial charge in [0.05, 0.1) is 11.4 Å². The average Bonchev–Trinajstić information content (AvgIpc) is 2.72. The van der Waals surface area contributed by atoms with Crippen LogP contribution < -0.4 is 21.7 Å². The third-order valence-corrected chi connectivity index (χ3v) is 4.06. The maximum absolute atomic E-state index is 12.0. The summed E-state index contributed by atoms with van der Waals surface area (Å²) in [6.07, 6.45) is 7.02. The molecule has 0 aromatic heterocycles. The lowest BCUT2D eigenvalue weighted by atomic mass is 10.2. The number of carbonyl (C=O) groups excluding carboxylic acids is 1. The fourth-order valence-corrected chi connectivity index (χ4v) is 2.48. The van der Waals surface area contributed by atoms with Crippen LogP contribution in [-0.4, -0.2) is 32.3 Å². The van der Waals surface area contributed by atoms with Crippen LogP contribution in [0.4, 0.5) is 17.1 Å². The molecule has 0 aliphatic carbocycles. The van der Waals surface area contributed by atoms with Crippen LogP contribution in [0, 0.1) is 0 Å². The molecule has 1 amide bonds. The predicted molar refractivity (Wildman–Crippen MR) is 119 cm³/mol. The zero-order chi connectivity index (χ0) is 20.2. The highest BCUT2D eigenvalue weighted by molar-refractivity contribution is 6.02. The van der Waals surface area contributed by atoms with Crippen LogP contribution in [0.1, 0.15) is 6.42 Å². The fraction of sp³-hybridized carbons (Fsp3) is 0.182. The molecule has 5 N–H and O–H groups in total. The molecular formula is C22H27N5O. The molecule has 0 unspecified atom stereocenters. The first-order valence-corrected chi connectivity index (χ1v) is 9.11. The Balaban J connectivity index is 1.76. The number of hydrogen-bond acceptors (Lipinski definition) is 5. The molecule has 0 heterocycles. The van der Waals surface area contributed by atoms with E-state index in [-0.39, 0.29) is 5.91 Å². The van der Waals surface area contributed by atoms with Gasteiger partial charge in [0.15, 0.2) is 0 Å². The van der Waals surface area contributed by atoms with Crippen molar-refractivity contribution in [3.05, 3.63) is 78.5 Å². The van der Waals surface area contributed by atoms with Gasteiger partial charge in [-0.3, -0.25) is 9.79 Å². The first-order valence-electron chi connectivity index (χ1n) is 9.11. The zero-order valence-corrected chi connectivity index (χ0v) is 16.1. The summed E-state index contributed by atoms with van der Waals surface area (Å²) in [5.74, 6) is -0.282. The molecule has 2 rings (SSSR count). The van der Waals surface area contributed by atoms with Gasteiger partial charge < -0.3 is 21.7 Å². The van der Waals surface area contributed by atoms with Crippen molar-refractivity contribution in [1.82, 2.24) is 0 Å². The predicted octanol–water partition coefficient (Wildman–Crippen LogP) is 3.20. The van der Waals surface area contributed by atoms with Gasteiger partial charge >= 0.3 is 0 Å². The third kappa shape index (κ3) is 6.99. The first-order chi connectivity index (χ1) is 13.6. The van der Waals surface area contributed by atoms with Gasteiger partial charge in [-0.15, -0.1) is 0 Å².